The Morgan fingerprint density at radius 3 is 2.56 bits per heavy atom. The third-order valence-corrected chi connectivity index (χ3v) is 5.75. The Balaban J connectivity index is 2.46. The number of nitrogens with zero attached hydrogens (tertiary/aromatic N) is 3. The van der Waals surface area contributed by atoms with Gasteiger partial charge >= 0.3 is 5.97 Å². The molecule has 0 aliphatic heterocycles. The molecule has 2 aromatic rings. The summed E-state index contributed by atoms with van der Waals surface area (Å²) in [6, 6.07) is 0. The Kier molecular flexibility index (Phi) is 7.52. The standard InChI is InChI=1S/C19H29N3O4S/c1-7-21(8-2)9-15-20-18-17(13(4)14(5)27-18)19(24)22(15)10-16(23)26-12(3)11-25-6/h12H,7-11H2,1-6H3. The van der Waals surface area contributed by atoms with E-state index >= 15 is 0 Å². The van der Waals surface area contributed by atoms with Crippen LogP contribution in [0.1, 0.15) is 37.0 Å². The SMILES string of the molecule is CCN(CC)Cc1nc2sc(C)c(C)c2c(=O)n1CC(=O)OC(C)COC. The van der Waals surface area contributed by atoms with Crippen molar-refractivity contribution in [3.63, 3.8) is 0 Å². The second-order valence-electron chi connectivity index (χ2n) is 6.60. The molecule has 0 aromatic carbocycles. The molecule has 2 heterocycles. The second kappa shape index (κ2) is 9.43. The van der Waals surface area contributed by atoms with Gasteiger partial charge in [0.1, 0.15) is 23.3 Å². The van der Waals surface area contributed by atoms with Gasteiger partial charge in [0.05, 0.1) is 18.5 Å². The second-order valence-corrected chi connectivity index (χ2v) is 7.80. The summed E-state index contributed by atoms with van der Waals surface area (Å²) in [5.41, 5.74) is 0.747. The molecule has 0 saturated carbocycles. The Morgan fingerprint density at radius 1 is 1.30 bits per heavy atom. The Morgan fingerprint density at radius 2 is 1.96 bits per heavy atom. The van der Waals surface area contributed by atoms with Crippen LogP contribution in [0.2, 0.25) is 0 Å². The molecule has 2 rings (SSSR count). The molecular weight excluding hydrogens is 366 g/mol. The van der Waals surface area contributed by atoms with Crippen molar-refractivity contribution in [2.45, 2.75) is 53.8 Å². The van der Waals surface area contributed by atoms with Crippen LogP contribution in [0, 0.1) is 13.8 Å². The number of methoxy groups -OCH3 is 1. The van der Waals surface area contributed by atoms with Gasteiger partial charge in [0.25, 0.3) is 5.56 Å². The molecule has 0 aliphatic carbocycles. The van der Waals surface area contributed by atoms with Crippen molar-refractivity contribution in [2.75, 3.05) is 26.8 Å². The van der Waals surface area contributed by atoms with Crippen molar-refractivity contribution in [2.24, 2.45) is 0 Å². The van der Waals surface area contributed by atoms with Gasteiger partial charge in [0, 0.05) is 12.0 Å². The van der Waals surface area contributed by atoms with Gasteiger partial charge in [-0.15, -0.1) is 11.3 Å². The topological polar surface area (TPSA) is 73.7 Å². The molecule has 0 spiro atoms. The summed E-state index contributed by atoms with van der Waals surface area (Å²) in [5.74, 6) is 0.127. The maximum atomic E-state index is 13.2. The van der Waals surface area contributed by atoms with Crippen LogP contribution in [-0.4, -0.2) is 53.3 Å². The smallest absolute Gasteiger partial charge is 0.326 e. The monoisotopic (exact) mass is 395 g/mol. The number of esters is 1. The molecule has 2 aromatic heterocycles. The summed E-state index contributed by atoms with van der Waals surface area (Å²) in [7, 11) is 1.55. The number of hydrogen-bond donors (Lipinski definition) is 0. The first-order valence-electron chi connectivity index (χ1n) is 9.22. The van der Waals surface area contributed by atoms with Crippen molar-refractivity contribution >= 4 is 27.5 Å². The maximum Gasteiger partial charge on any atom is 0.326 e. The van der Waals surface area contributed by atoms with Gasteiger partial charge in [-0.25, -0.2) is 4.98 Å². The molecule has 7 nitrogen and oxygen atoms in total. The van der Waals surface area contributed by atoms with Crippen LogP contribution in [0.3, 0.4) is 0 Å². The number of rotatable bonds is 9. The van der Waals surface area contributed by atoms with Gasteiger partial charge < -0.3 is 9.47 Å². The number of aromatic nitrogens is 2. The Hall–Kier alpha value is -1.77. The van der Waals surface area contributed by atoms with Crippen LogP contribution in [-0.2, 0) is 27.4 Å². The number of fused-ring (bicyclic) bond motifs is 1. The first-order chi connectivity index (χ1) is 12.8. The third kappa shape index (κ3) is 4.94. The van der Waals surface area contributed by atoms with Crippen LogP contribution >= 0.6 is 11.3 Å². The van der Waals surface area contributed by atoms with Gasteiger partial charge in [0.15, 0.2) is 0 Å². The predicted octanol–water partition coefficient (Wildman–Crippen LogP) is 2.49. The number of carbonyl (C=O) groups is 1. The van der Waals surface area contributed by atoms with Gasteiger partial charge in [-0.1, -0.05) is 13.8 Å². The highest BCUT2D eigenvalue weighted by atomic mass is 32.1. The van der Waals surface area contributed by atoms with Crippen LogP contribution in [0.4, 0.5) is 0 Å². The van der Waals surface area contributed by atoms with E-state index in [-0.39, 0.29) is 18.2 Å². The summed E-state index contributed by atoms with van der Waals surface area (Å²) in [6.07, 6.45) is -0.369. The fourth-order valence-electron chi connectivity index (χ4n) is 2.96. The van der Waals surface area contributed by atoms with Crippen molar-refractivity contribution in [3.05, 3.63) is 26.6 Å². The van der Waals surface area contributed by atoms with Gasteiger partial charge in [-0.2, -0.15) is 0 Å². The molecule has 0 N–H and O–H groups in total. The third-order valence-electron chi connectivity index (χ3n) is 4.65. The first kappa shape index (κ1) is 21.5. The molecule has 0 amide bonds. The highest BCUT2D eigenvalue weighted by Crippen LogP contribution is 2.26. The first-order valence-corrected chi connectivity index (χ1v) is 10.0. The number of carbonyl (C=O) groups excluding carboxylic acids is 1. The van der Waals surface area contributed by atoms with Crippen LogP contribution in [0.25, 0.3) is 10.2 Å². The molecule has 0 radical (unpaired) electrons. The van der Waals surface area contributed by atoms with Crippen molar-refractivity contribution < 1.29 is 14.3 Å². The number of ether oxygens (including phenoxy) is 2. The molecule has 150 valence electrons. The van der Waals surface area contributed by atoms with Gasteiger partial charge in [-0.05, 0) is 39.4 Å². The van der Waals surface area contributed by atoms with Gasteiger partial charge in [-0.3, -0.25) is 19.1 Å². The number of thiophene rings is 1. The molecular formula is C19H29N3O4S. The minimum absolute atomic E-state index is 0.152. The molecule has 27 heavy (non-hydrogen) atoms. The summed E-state index contributed by atoms with van der Waals surface area (Å²) in [6.45, 7) is 12.1. The predicted molar refractivity (Wildman–Crippen MR) is 107 cm³/mol. The molecule has 0 saturated heterocycles. The average Bonchev–Trinajstić information content (AvgIpc) is 2.90. The zero-order valence-corrected chi connectivity index (χ0v) is 17.8. The summed E-state index contributed by atoms with van der Waals surface area (Å²) in [4.78, 5) is 34.2. The minimum atomic E-state index is -0.465. The lowest BCUT2D eigenvalue weighted by Gasteiger charge is -2.20. The lowest BCUT2D eigenvalue weighted by molar-refractivity contribution is -0.151. The van der Waals surface area contributed by atoms with Crippen molar-refractivity contribution in [1.82, 2.24) is 14.5 Å². The summed E-state index contributed by atoms with van der Waals surface area (Å²) in [5, 5.41) is 0.596. The zero-order valence-electron chi connectivity index (χ0n) is 17.0. The average molecular weight is 396 g/mol. The molecule has 8 heteroatoms. The summed E-state index contributed by atoms with van der Waals surface area (Å²) < 4.78 is 11.8. The van der Waals surface area contributed by atoms with E-state index in [1.54, 1.807) is 14.0 Å². The van der Waals surface area contributed by atoms with Crippen LogP contribution in [0.5, 0.6) is 0 Å². The van der Waals surface area contributed by atoms with Crippen molar-refractivity contribution in [3.8, 4) is 0 Å². The fraction of sp³-hybridized carbons (Fsp3) is 0.632. The van der Waals surface area contributed by atoms with E-state index in [9.17, 15) is 9.59 Å². The Bertz CT molecular complexity index is 855. The van der Waals surface area contributed by atoms with Crippen LogP contribution < -0.4 is 5.56 Å². The number of aryl methyl sites for hydroxylation is 2. The highest BCUT2D eigenvalue weighted by molar-refractivity contribution is 7.18. The van der Waals surface area contributed by atoms with Crippen molar-refractivity contribution in [1.29, 1.82) is 0 Å². The largest absolute Gasteiger partial charge is 0.459 e. The molecule has 0 bridgehead atoms. The fourth-order valence-corrected chi connectivity index (χ4v) is 4.00. The molecule has 1 atom stereocenters. The maximum absolute atomic E-state index is 13.2. The Labute approximate surface area is 163 Å². The normalized spacial score (nSPS) is 12.7. The number of hydrogen-bond acceptors (Lipinski definition) is 7. The van der Waals surface area contributed by atoms with Gasteiger partial charge in [0.2, 0.25) is 0 Å². The zero-order chi connectivity index (χ0) is 20.1. The van der Waals surface area contributed by atoms with E-state index in [0.717, 1.165) is 28.4 Å². The minimum Gasteiger partial charge on any atom is -0.459 e. The van der Waals surface area contributed by atoms with E-state index in [0.29, 0.717) is 24.4 Å². The summed E-state index contributed by atoms with van der Waals surface area (Å²) >= 11 is 1.52. The van der Waals surface area contributed by atoms with E-state index < -0.39 is 5.97 Å². The quantitative estimate of drug-likeness (QED) is 0.608. The van der Waals surface area contributed by atoms with E-state index in [1.165, 1.54) is 15.9 Å². The molecule has 0 aliphatic rings. The highest BCUT2D eigenvalue weighted by Gasteiger charge is 2.20. The van der Waals surface area contributed by atoms with E-state index in [1.807, 2.05) is 13.8 Å². The van der Waals surface area contributed by atoms with E-state index in [4.69, 9.17) is 14.5 Å². The lowest BCUT2D eigenvalue weighted by atomic mass is 10.2. The molecule has 1 unspecified atom stereocenters. The lowest BCUT2D eigenvalue weighted by Crippen LogP contribution is -2.34. The molecule has 0 fully saturated rings. The van der Waals surface area contributed by atoms with Crippen LogP contribution in [0.15, 0.2) is 4.79 Å². The van der Waals surface area contributed by atoms with E-state index in [2.05, 4.69) is 18.7 Å².